The van der Waals surface area contributed by atoms with E-state index in [9.17, 15) is 9.50 Å². The van der Waals surface area contributed by atoms with E-state index in [0.717, 1.165) is 45.4 Å². The van der Waals surface area contributed by atoms with Crippen molar-refractivity contribution in [3.8, 4) is 0 Å². The maximum atomic E-state index is 14.0. The van der Waals surface area contributed by atoms with Crippen LogP contribution in [0.25, 0.3) is 0 Å². The van der Waals surface area contributed by atoms with Crippen LogP contribution in [0.15, 0.2) is 48.8 Å². The van der Waals surface area contributed by atoms with E-state index in [1.54, 1.807) is 6.07 Å². The van der Waals surface area contributed by atoms with Gasteiger partial charge in [-0.1, -0.05) is 12.1 Å². The fourth-order valence-corrected chi connectivity index (χ4v) is 4.39. The Labute approximate surface area is 154 Å². The van der Waals surface area contributed by atoms with Crippen LogP contribution in [0.1, 0.15) is 18.4 Å². The molecule has 26 heavy (non-hydrogen) atoms. The SMILES string of the molecule is O[C@H]1CN(C2CCN(c3ccccc3F)CC2)C[C@H]1Cc1ccncc1. The van der Waals surface area contributed by atoms with Crippen LogP contribution in [-0.4, -0.2) is 53.3 Å². The summed E-state index contributed by atoms with van der Waals surface area (Å²) in [6.07, 6.45) is 6.29. The number of para-hydroxylation sites is 1. The van der Waals surface area contributed by atoms with Crippen molar-refractivity contribution in [1.82, 2.24) is 9.88 Å². The topological polar surface area (TPSA) is 39.6 Å². The molecule has 5 heteroatoms. The smallest absolute Gasteiger partial charge is 0.146 e. The number of benzene rings is 1. The molecule has 2 fully saturated rings. The fourth-order valence-electron chi connectivity index (χ4n) is 4.39. The molecular formula is C21H26FN3O. The zero-order chi connectivity index (χ0) is 17.9. The molecule has 138 valence electrons. The molecule has 2 saturated heterocycles. The van der Waals surface area contributed by atoms with Gasteiger partial charge in [-0.25, -0.2) is 4.39 Å². The van der Waals surface area contributed by atoms with Gasteiger partial charge in [-0.2, -0.15) is 0 Å². The van der Waals surface area contributed by atoms with Gasteiger partial charge in [0.15, 0.2) is 0 Å². The molecule has 4 rings (SSSR count). The first-order valence-electron chi connectivity index (χ1n) is 9.51. The number of nitrogens with zero attached hydrogens (tertiary/aromatic N) is 3. The molecule has 0 spiro atoms. The average molecular weight is 355 g/mol. The van der Waals surface area contributed by atoms with E-state index < -0.39 is 0 Å². The highest BCUT2D eigenvalue weighted by Gasteiger charge is 2.36. The van der Waals surface area contributed by atoms with E-state index in [1.165, 1.54) is 11.6 Å². The fraction of sp³-hybridized carbons (Fsp3) is 0.476. The lowest BCUT2D eigenvalue weighted by molar-refractivity contribution is 0.132. The predicted octanol–water partition coefficient (Wildman–Crippen LogP) is 2.72. The Morgan fingerprint density at radius 1 is 1.04 bits per heavy atom. The maximum absolute atomic E-state index is 14.0. The number of rotatable bonds is 4. The van der Waals surface area contributed by atoms with Crippen LogP contribution in [0, 0.1) is 11.7 Å². The number of pyridine rings is 1. The van der Waals surface area contributed by atoms with E-state index in [-0.39, 0.29) is 17.8 Å². The van der Waals surface area contributed by atoms with Gasteiger partial charge in [-0.15, -0.1) is 0 Å². The molecule has 4 nitrogen and oxygen atoms in total. The maximum Gasteiger partial charge on any atom is 0.146 e. The van der Waals surface area contributed by atoms with Crippen molar-refractivity contribution >= 4 is 5.69 Å². The lowest BCUT2D eigenvalue weighted by Crippen LogP contribution is -2.44. The van der Waals surface area contributed by atoms with E-state index >= 15 is 0 Å². The third-order valence-corrected chi connectivity index (χ3v) is 5.86. The standard InChI is InChI=1S/C21H26FN3O/c22-19-3-1-2-4-20(19)24-11-7-18(8-12-24)25-14-17(21(26)15-25)13-16-5-9-23-10-6-16/h1-6,9-10,17-18,21,26H,7-8,11-15H2/t17-,21+/m1/s1. The monoisotopic (exact) mass is 355 g/mol. The van der Waals surface area contributed by atoms with Crippen molar-refractivity contribution in [2.75, 3.05) is 31.1 Å². The molecular weight excluding hydrogens is 329 g/mol. The molecule has 0 unspecified atom stereocenters. The summed E-state index contributed by atoms with van der Waals surface area (Å²) >= 11 is 0. The van der Waals surface area contributed by atoms with Gasteiger partial charge in [-0.3, -0.25) is 9.88 Å². The van der Waals surface area contributed by atoms with Crippen molar-refractivity contribution in [1.29, 1.82) is 0 Å². The van der Waals surface area contributed by atoms with E-state index in [2.05, 4.69) is 14.8 Å². The molecule has 0 radical (unpaired) electrons. The second kappa shape index (κ2) is 7.72. The summed E-state index contributed by atoms with van der Waals surface area (Å²) in [5, 5.41) is 10.5. The zero-order valence-electron chi connectivity index (χ0n) is 15.0. The van der Waals surface area contributed by atoms with Crippen molar-refractivity contribution in [3.63, 3.8) is 0 Å². The molecule has 0 amide bonds. The minimum atomic E-state index is -0.271. The highest BCUT2D eigenvalue weighted by Crippen LogP contribution is 2.29. The van der Waals surface area contributed by atoms with Crippen LogP contribution in [0.4, 0.5) is 10.1 Å². The van der Waals surface area contributed by atoms with Crippen LogP contribution in [0.2, 0.25) is 0 Å². The lowest BCUT2D eigenvalue weighted by atomic mass is 9.97. The van der Waals surface area contributed by atoms with Gasteiger partial charge in [0, 0.05) is 50.5 Å². The summed E-state index contributed by atoms with van der Waals surface area (Å²) in [7, 11) is 0. The minimum Gasteiger partial charge on any atom is -0.391 e. The van der Waals surface area contributed by atoms with Gasteiger partial charge >= 0.3 is 0 Å². The van der Waals surface area contributed by atoms with Crippen LogP contribution in [0.3, 0.4) is 0 Å². The number of hydrogen-bond acceptors (Lipinski definition) is 4. The van der Waals surface area contributed by atoms with Crippen molar-refractivity contribution in [3.05, 3.63) is 60.2 Å². The van der Waals surface area contributed by atoms with Gasteiger partial charge in [0.05, 0.1) is 11.8 Å². The average Bonchev–Trinajstić information content (AvgIpc) is 3.04. The summed E-state index contributed by atoms with van der Waals surface area (Å²) in [5.74, 6) is 0.141. The third kappa shape index (κ3) is 3.74. The lowest BCUT2D eigenvalue weighted by Gasteiger charge is -2.38. The first-order valence-corrected chi connectivity index (χ1v) is 9.51. The Hall–Kier alpha value is -1.98. The number of halogens is 1. The Morgan fingerprint density at radius 2 is 1.77 bits per heavy atom. The molecule has 2 atom stereocenters. The third-order valence-electron chi connectivity index (χ3n) is 5.86. The molecule has 3 heterocycles. The summed E-state index contributed by atoms with van der Waals surface area (Å²) in [6, 6.07) is 11.6. The highest BCUT2D eigenvalue weighted by atomic mass is 19.1. The molecule has 1 aromatic heterocycles. The van der Waals surface area contributed by atoms with E-state index in [4.69, 9.17) is 0 Å². The number of piperidine rings is 1. The first-order chi connectivity index (χ1) is 12.7. The molecule has 0 saturated carbocycles. The van der Waals surface area contributed by atoms with Crippen LogP contribution < -0.4 is 4.90 Å². The zero-order valence-corrected chi connectivity index (χ0v) is 15.0. The molecule has 2 aromatic rings. The summed E-state index contributed by atoms with van der Waals surface area (Å²) in [5.41, 5.74) is 1.95. The van der Waals surface area contributed by atoms with Crippen molar-refractivity contribution in [2.45, 2.75) is 31.4 Å². The molecule has 2 aliphatic rings. The van der Waals surface area contributed by atoms with Crippen molar-refractivity contribution < 1.29 is 9.50 Å². The van der Waals surface area contributed by atoms with Crippen molar-refractivity contribution in [2.24, 2.45) is 5.92 Å². The second-order valence-corrected chi connectivity index (χ2v) is 7.51. The molecule has 1 N–H and O–H groups in total. The number of likely N-dealkylation sites (tertiary alicyclic amines) is 1. The Kier molecular flexibility index (Phi) is 5.18. The Balaban J connectivity index is 1.33. The number of β-amino-alcohol motifs (C(OH)–C–C–N with tert-alkyl or cyclic N) is 1. The second-order valence-electron chi connectivity index (χ2n) is 7.51. The van der Waals surface area contributed by atoms with Crippen LogP contribution in [-0.2, 0) is 6.42 Å². The Bertz CT molecular complexity index is 718. The number of aliphatic hydroxyl groups is 1. The quantitative estimate of drug-likeness (QED) is 0.915. The summed E-state index contributed by atoms with van der Waals surface area (Å²) < 4.78 is 14.0. The number of aliphatic hydroxyl groups excluding tert-OH is 1. The van der Waals surface area contributed by atoms with Crippen LogP contribution in [0.5, 0.6) is 0 Å². The summed E-state index contributed by atoms with van der Waals surface area (Å²) in [4.78, 5) is 8.65. The number of anilines is 1. The van der Waals surface area contributed by atoms with Gasteiger partial charge in [-0.05, 0) is 49.1 Å². The summed E-state index contributed by atoms with van der Waals surface area (Å²) in [6.45, 7) is 3.43. The normalized spacial score (nSPS) is 24.9. The Morgan fingerprint density at radius 3 is 2.50 bits per heavy atom. The van der Waals surface area contributed by atoms with Gasteiger partial charge in [0.25, 0.3) is 0 Å². The van der Waals surface area contributed by atoms with E-state index in [1.807, 2.05) is 36.7 Å². The first kappa shape index (κ1) is 17.4. The number of aromatic nitrogens is 1. The minimum absolute atomic E-state index is 0.139. The molecule has 1 aromatic carbocycles. The molecule has 0 bridgehead atoms. The molecule has 0 aliphatic carbocycles. The van der Waals surface area contributed by atoms with Gasteiger partial charge < -0.3 is 10.0 Å². The molecule has 2 aliphatic heterocycles. The highest BCUT2D eigenvalue weighted by molar-refractivity contribution is 5.47. The largest absolute Gasteiger partial charge is 0.391 e. The van der Waals surface area contributed by atoms with Gasteiger partial charge in [0.1, 0.15) is 5.82 Å². The van der Waals surface area contributed by atoms with Crippen LogP contribution >= 0.6 is 0 Å². The van der Waals surface area contributed by atoms with Gasteiger partial charge in [0.2, 0.25) is 0 Å². The predicted molar refractivity (Wildman–Crippen MR) is 101 cm³/mol. The number of hydrogen-bond donors (Lipinski definition) is 1. The van der Waals surface area contributed by atoms with E-state index in [0.29, 0.717) is 11.7 Å².